The fourth-order valence-corrected chi connectivity index (χ4v) is 2.06. The zero-order valence-corrected chi connectivity index (χ0v) is 13.3. The van der Waals surface area contributed by atoms with Crippen LogP contribution in [0.5, 0.6) is 0 Å². The molecule has 0 radical (unpaired) electrons. The van der Waals surface area contributed by atoms with Gasteiger partial charge in [-0.1, -0.05) is 31.5 Å². The van der Waals surface area contributed by atoms with Crippen LogP contribution in [0.3, 0.4) is 0 Å². The lowest BCUT2D eigenvalue weighted by molar-refractivity contribution is -0.141. The summed E-state index contributed by atoms with van der Waals surface area (Å²) in [4.78, 5) is 10.3. The summed E-state index contributed by atoms with van der Waals surface area (Å²) in [7, 11) is -4.02. The third-order valence-corrected chi connectivity index (χ3v) is 3.58. The fraction of sp³-hybridized carbons (Fsp3) is 0.500. The summed E-state index contributed by atoms with van der Waals surface area (Å²) in [5.41, 5.74) is 6.20. The van der Waals surface area contributed by atoms with Crippen molar-refractivity contribution in [3.05, 3.63) is 29.8 Å². The standard InChI is InChI=1S/C7H15NO2.C7H8O3S/c1-5(2)3-6(4-8)7(9)10;1-6-2-4-7(5-3-6)11(8,9)10/h5-6H,3-4,8H2,1-2H3,(H,9,10);2-5H,1H3,(H,8,9,10)/t6-;/m1./s1. The van der Waals surface area contributed by atoms with E-state index in [-0.39, 0.29) is 17.4 Å². The number of carbonyl (C=O) groups is 1. The lowest BCUT2D eigenvalue weighted by Crippen LogP contribution is -2.24. The fourth-order valence-electron chi connectivity index (χ4n) is 1.58. The highest BCUT2D eigenvalue weighted by Crippen LogP contribution is 2.10. The van der Waals surface area contributed by atoms with Gasteiger partial charge in [0.1, 0.15) is 0 Å². The van der Waals surface area contributed by atoms with Crippen molar-refractivity contribution in [2.24, 2.45) is 17.6 Å². The van der Waals surface area contributed by atoms with Gasteiger partial charge in [0.05, 0.1) is 10.8 Å². The van der Waals surface area contributed by atoms with Crippen LogP contribution in [0, 0.1) is 18.8 Å². The van der Waals surface area contributed by atoms with Gasteiger partial charge in [-0.25, -0.2) is 0 Å². The van der Waals surface area contributed by atoms with Crippen molar-refractivity contribution in [1.82, 2.24) is 0 Å². The molecule has 0 saturated carbocycles. The van der Waals surface area contributed by atoms with Crippen molar-refractivity contribution in [2.75, 3.05) is 6.54 Å². The van der Waals surface area contributed by atoms with E-state index in [0.29, 0.717) is 12.3 Å². The zero-order chi connectivity index (χ0) is 16.6. The molecule has 0 aliphatic heterocycles. The van der Waals surface area contributed by atoms with Crippen LogP contribution in [0.4, 0.5) is 0 Å². The molecule has 1 aromatic carbocycles. The van der Waals surface area contributed by atoms with E-state index < -0.39 is 16.1 Å². The van der Waals surface area contributed by atoms with Crippen LogP contribution in [0.2, 0.25) is 0 Å². The van der Waals surface area contributed by atoms with Crippen molar-refractivity contribution in [1.29, 1.82) is 0 Å². The Morgan fingerprint density at radius 3 is 1.95 bits per heavy atom. The van der Waals surface area contributed by atoms with E-state index >= 15 is 0 Å². The molecule has 0 saturated heterocycles. The summed E-state index contributed by atoms with van der Waals surface area (Å²) in [6.07, 6.45) is 0.672. The maximum atomic E-state index is 10.5. The van der Waals surface area contributed by atoms with Gasteiger partial charge < -0.3 is 10.8 Å². The predicted molar refractivity (Wildman–Crippen MR) is 80.6 cm³/mol. The van der Waals surface area contributed by atoms with Crippen LogP contribution in [0.1, 0.15) is 25.8 Å². The molecule has 0 unspecified atom stereocenters. The predicted octanol–water partition coefficient (Wildman–Crippen LogP) is 1.93. The quantitative estimate of drug-likeness (QED) is 0.714. The molecular weight excluding hydrogens is 294 g/mol. The molecule has 4 N–H and O–H groups in total. The second kappa shape index (κ2) is 8.76. The summed E-state index contributed by atoms with van der Waals surface area (Å²) in [6.45, 7) is 6.07. The number of carboxylic acids is 1. The number of aliphatic carboxylic acids is 1. The molecule has 0 fully saturated rings. The van der Waals surface area contributed by atoms with E-state index in [4.69, 9.17) is 15.4 Å². The Kier molecular flexibility index (Phi) is 8.16. The van der Waals surface area contributed by atoms with E-state index in [1.54, 1.807) is 12.1 Å². The van der Waals surface area contributed by atoms with Crippen molar-refractivity contribution >= 4 is 16.1 Å². The van der Waals surface area contributed by atoms with Crippen molar-refractivity contribution < 1.29 is 22.9 Å². The van der Waals surface area contributed by atoms with Crippen molar-refractivity contribution in [2.45, 2.75) is 32.1 Å². The molecule has 7 heteroatoms. The van der Waals surface area contributed by atoms with Crippen molar-refractivity contribution in [3.8, 4) is 0 Å². The Hall–Kier alpha value is -1.44. The van der Waals surface area contributed by atoms with Gasteiger partial charge in [-0.05, 0) is 31.4 Å². The van der Waals surface area contributed by atoms with Gasteiger partial charge in [0, 0.05) is 6.54 Å². The molecule has 21 heavy (non-hydrogen) atoms. The Labute approximate surface area is 125 Å². The van der Waals surface area contributed by atoms with Crippen LogP contribution in [0.25, 0.3) is 0 Å². The molecule has 0 aromatic heterocycles. The number of rotatable bonds is 5. The lowest BCUT2D eigenvalue weighted by atomic mass is 9.98. The van der Waals surface area contributed by atoms with Gasteiger partial charge in [-0.15, -0.1) is 0 Å². The molecule has 0 aliphatic carbocycles. The third kappa shape index (κ3) is 8.44. The molecule has 0 aliphatic rings. The normalized spacial score (nSPS) is 12.5. The average molecular weight is 317 g/mol. The molecule has 6 nitrogen and oxygen atoms in total. The van der Waals surface area contributed by atoms with Crippen LogP contribution in [-0.2, 0) is 14.9 Å². The maximum absolute atomic E-state index is 10.5. The van der Waals surface area contributed by atoms with Crippen molar-refractivity contribution in [3.63, 3.8) is 0 Å². The monoisotopic (exact) mass is 317 g/mol. The minimum atomic E-state index is -4.02. The number of carboxylic acid groups (broad SMARTS) is 1. The Morgan fingerprint density at radius 2 is 1.71 bits per heavy atom. The summed E-state index contributed by atoms with van der Waals surface area (Å²) < 4.78 is 29.6. The summed E-state index contributed by atoms with van der Waals surface area (Å²) in [5.74, 6) is -0.735. The van der Waals surface area contributed by atoms with Crippen LogP contribution < -0.4 is 5.73 Å². The van der Waals surface area contributed by atoms with Gasteiger partial charge in [-0.3, -0.25) is 9.35 Å². The maximum Gasteiger partial charge on any atom is 0.307 e. The molecule has 0 spiro atoms. The first-order chi connectivity index (χ1) is 9.57. The van der Waals surface area contributed by atoms with Gasteiger partial charge in [0.2, 0.25) is 0 Å². The van der Waals surface area contributed by atoms with Crippen LogP contribution >= 0.6 is 0 Å². The van der Waals surface area contributed by atoms with Gasteiger partial charge in [0.15, 0.2) is 0 Å². The number of hydrogen-bond acceptors (Lipinski definition) is 4. The largest absolute Gasteiger partial charge is 0.481 e. The smallest absolute Gasteiger partial charge is 0.307 e. The number of nitrogens with two attached hydrogens (primary N) is 1. The molecule has 0 bridgehead atoms. The van der Waals surface area contributed by atoms with E-state index in [1.165, 1.54) is 12.1 Å². The lowest BCUT2D eigenvalue weighted by Gasteiger charge is -2.10. The summed E-state index contributed by atoms with van der Waals surface area (Å²) >= 11 is 0. The molecule has 0 amide bonds. The first-order valence-electron chi connectivity index (χ1n) is 6.55. The third-order valence-electron chi connectivity index (χ3n) is 2.71. The van der Waals surface area contributed by atoms with E-state index in [1.807, 2.05) is 20.8 Å². The second-order valence-corrected chi connectivity index (χ2v) is 6.61. The van der Waals surface area contributed by atoms with Gasteiger partial charge >= 0.3 is 5.97 Å². The highest BCUT2D eigenvalue weighted by Gasteiger charge is 2.15. The Balaban J connectivity index is 0.000000384. The number of hydrogen-bond donors (Lipinski definition) is 3. The Morgan fingerprint density at radius 1 is 1.24 bits per heavy atom. The first kappa shape index (κ1) is 19.6. The zero-order valence-electron chi connectivity index (χ0n) is 12.5. The molecule has 1 rings (SSSR count). The van der Waals surface area contributed by atoms with Gasteiger partial charge in [-0.2, -0.15) is 8.42 Å². The van der Waals surface area contributed by atoms with E-state index in [2.05, 4.69) is 0 Å². The average Bonchev–Trinajstić information content (AvgIpc) is 2.35. The molecule has 1 aromatic rings. The molecule has 120 valence electrons. The molecular formula is C14H23NO5S. The number of benzene rings is 1. The highest BCUT2D eigenvalue weighted by molar-refractivity contribution is 7.85. The second-order valence-electron chi connectivity index (χ2n) is 5.19. The summed E-state index contributed by atoms with van der Waals surface area (Å²) in [5, 5.41) is 8.54. The van der Waals surface area contributed by atoms with Gasteiger partial charge in [0.25, 0.3) is 10.1 Å². The van der Waals surface area contributed by atoms with Crippen LogP contribution in [-0.4, -0.2) is 30.6 Å². The SMILES string of the molecule is CC(C)C[C@H](CN)C(=O)O.Cc1ccc(S(=O)(=O)O)cc1. The minimum absolute atomic E-state index is 0.0666. The number of aryl methyl sites for hydroxylation is 1. The highest BCUT2D eigenvalue weighted by atomic mass is 32.2. The van der Waals surface area contributed by atoms with Crippen LogP contribution in [0.15, 0.2) is 29.2 Å². The van der Waals surface area contributed by atoms with E-state index in [9.17, 15) is 13.2 Å². The first-order valence-corrected chi connectivity index (χ1v) is 7.99. The van der Waals surface area contributed by atoms with E-state index in [0.717, 1.165) is 5.56 Å². The Bertz CT molecular complexity index is 537. The minimum Gasteiger partial charge on any atom is -0.481 e. The molecule has 0 heterocycles. The summed E-state index contributed by atoms with van der Waals surface area (Å²) in [6, 6.07) is 5.99. The molecule has 1 atom stereocenters. The topological polar surface area (TPSA) is 118 Å².